The van der Waals surface area contributed by atoms with Crippen molar-refractivity contribution in [2.75, 3.05) is 0 Å². The Balaban J connectivity index is 3.44. The van der Waals surface area contributed by atoms with E-state index in [0.717, 1.165) is 12.1 Å². The zero-order valence-electron chi connectivity index (χ0n) is 8.32. The molecule has 0 aromatic heterocycles. The number of alkyl halides is 3. The van der Waals surface area contributed by atoms with Gasteiger partial charge in [-0.1, -0.05) is 6.58 Å². The number of ketones is 1. The topological polar surface area (TPSA) is 60.2 Å². The molecule has 0 saturated heterocycles. The van der Waals surface area contributed by atoms with Gasteiger partial charge in [0.05, 0.1) is 10.5 Å². The van der Waals surface area contributed by atoms with Crippen LogP contribution in [0, 0.1) is 10.1 Å². The van der Waals surface area contributed by atoms with E-state index in [1.165, 1.54) is 0 Å². The molecule has 0 atom stereocenters. The standard InChI is InChI=1S/C10H6F3NO3/c1-2-9(15)6-3-7(10(11,12)13)5-8(4-6)14(16)17/h2-5H,1H2. The van der Waals surface area contributed by atoms with Crippen molar-refractivity contribution in [3.8, 4) is 0 Å². The van der Waals surface area contributed by atoms with Gasteiger partial charge in [-0.25, -0.2) is 0 Å². The first-order valence-electron chi connectivity index (χ1n) is 4.29. The molecule has 0 amide bonds. The molecule has 0 spiro atoms. The summed E-state index contributed by atoms with van der Waals surface area (Å²) in [6.45, 7) is 3.10. The third-order valence-corrected chi connectivity index (χ3v) is 1.93. The maximum absolute atomic E-state index is 12.4. The number of nitrogens with zero attached hydrogens (tertiary/aromatic N) is 1. The van der Waals surface area contributed by atoms with Crippen LogP contribution in [0.15, 0.2) is 30.9 Å². The molecule has 0 fully saturated rings. The minimum Gasteiger partial charge on any atom is -0.289 e. The van der Waals surface area contributed by atoms with Gasteiger partial charge in [0.1, 0.15) is 0 Å². The summed E-state index contributed by atoms with van der Waals surface area (Å²) in [6.07, 6.45) is -3.96. The fraction of sp³-hybridized carbons (Fsp3) is 0.100. The summed E-state index contributed by atoms with van der Waals surface area (Å²) in [5.74, 6) is -0.806. The van der Waals surface area contributed by atoms with E-state index in [0.29, 0.717) is 12.1 Å². The maximum atomic E-state index is 12.4. The normalized spacial score (nSPS) is 11.0. The van der Waals surface area contributed by atoms with Crippen LogP contribution in [0.1, 0.15) is 15.9 Å². The number of carbonyl (C=O) groups excluding carboxylic acids is 1. The van der Waals surface area contributed by atoms with Crippen molar-refractivity contribution in [3.05, 3.63) is 52.1 Å². The average molecular weight is 245 g/mol. The number of carbonyl (C=O) groups is 1. The maximum Gasteiger partial charge on any atom is 0.416 e. The molecule has 0 saturated carbocycles. The molecular formula is C10H6F3NO3. The van der Waals surface area contributed by atoms with Crippen LogP contribution in [0.2, 0.25) is 0 Å². The summed E-state index contributed by atoms with van der Waals surface area (Å²) in [4.78, 5) is 20.6. The molecule has 0 unspecified atom stereocenters. The van der Waals surface area contributed by atoms with Gasteiger partial charge in [0.2, 0.25) is 0 Å². The van der Waals surface area contributed by atoms with Crippen LogP contribution >= 0.6 is 0 Å². The highest BCUT2D eigenvalue weighted by Crippen LogP contribution is 2.32. The Hall–Kier alpha value is -2.18. The monoisotopic (exact) mass is 245 g/mol. The lowest BCUT2D eigenvalue weighted by molar-refractivity contribution is -0.385. The van der Waals surface area contributed by atoms with E-state index in [2.05, 4.69) is 6.58 Å². The lowest BCUT2D eigenvalue weighted by Crippen LogP contribution is -2.08. The minimum atomic E-state index is -4.75. The van der Waals surface area contributed by atoms with Crippen molar-refractivity contribution >= 4 is 11.5 Å². The van der Waals surface area contributed by atoms with Crippen molar-refractivity contribution in [2.45, 2.75) is 6.18 Å². The number of rotatable bonds is 3. The van der Waals surface area contributed by atoms with Crippen LogP contribution in [0.3, 0.4) is 0 Å². The second-order valence-corrected chi connectivity index (χ2v) is 3.09. The molecule has 17 heavy (non-hydrogen) atoms. The van der Waals surface area contributed by atoms with E-state index in [1.54, 1.807) is 0 Å². The molecule has 7 heteroatoms. The molecule has 1 rings (SSSR count). The number of hydrogen-bond acceptors (Lipinski definition) is 3. The van der Waals surface area contributed by atoms with Crippen LogP contribution in [0.5, 0.6) is 0 Å². The fourth-order valence-electron chi connectivity index (χ4n) is 1.14. The van der Waals surface area contributed by atoms with Gasteiger partial charge in [0.25, 0.3) is 5.69 Å². The highest BCUT2D eigenvalue weighted by molar-refractivity contribution is 6.04. The molecule has 0 aliphatic heterocycles. The van der Waals surface area contributed by atoms with Gasteiger partial charge in [-0.3, -0.25) is 14.9 Å². The van der Waals surface area contributed by atoms with Crippen molar-refractivity contribution in [1.82, 2.24) is 0 Å². The number of halogens is 3. The Labute approximate surface area is 93.5 Å². The smallest absolute Gasteiger partial charge is 0.289 e. The van der Waals surface area contributed by atoms with Crippen LogP contribution < -0.4 is 0 Å². The molecule has 4 nitrogen and oxygen atoms in total. The summed E-state index contributed by atoms with van der Waals surface area (Å²) < 4.78 is 37.3. The van der Waals surface area contributed by atoms with E-state index in [-0.39, 0.29) is 0 Å². The van der Waals surface area contributed by atoms with Crippen molar-refractivity contribution in [2.24, 2.45) is 0 Å². The number of hydrogen-bond donors (Lipinski definition) is 0. The lowest BCUT2D eigenvalue weighted by atomic mass is 10.1. The molecule has 0 bridgehead atoms. The summed E-state index contributed by atoms with van der Waals surface area (Å²) in [5.41, 5.74) is -2.44. The molecule has 1 aromatic carbocycles. The Morgan fingerprint density at radius 2 is 1.94 bits per heavy atom. The quantitative estimate of drug-likeness (QED) is 0.356. The Bertz CT molecular complexity index is 494. The summed E-state index contributed by atoms with van der Waals surface area (Å²) in [5, 5.41) is 10.4. The predicted octanol–water partition coefficient (Wildman–Crippen LogP) is 2.98. The van der Waals surface area contributed by atoms with Crippen molar-refractivity contribution in [3.63, 3.8) is 0 Å². The highest BCUT2D eigenvalue weighted by atomic mass is 19.4. The second kappa shape index (κ2) is 4.36. The first-order chi connectivity index (χ1) is 7.75. The minimum absolute atomic E-state index is 0.375. The van der Waals surface area contributed by atoms with Gasteiger partial charge in [0, 0.05) is 17.7 Å². The van der Waals surface area contributed by atoms with Crippen LogP contribution in [-0.2, 0) is 6.18 Å². The van der Waals surface area contributed by atoms with Gasteiger partial charge in [-0.2, -0.15) is 13.2 Å². The van der Waals surface area contributed by atoms with E-state index in [9.17, 15) is 28.1 Å². The second-order valence-electron chi connectivity index (χ2n) is 3.09. The fourth-order valence-corrected chi connectivity index (χ4v) is 1.14. The third-order valence-electron chi connectivity index (χ3n) is 1.93. The van der Waals surface area contributed by atoms with Crippen molar-refractivity contribution in [1.29, 1.82) is 0 Å². The van der Waals surface area contributed by atoms with E-state index in [4.69, 9.17) is 0 Å². The van der Waals surface area contributed by atoms with Gasteiger partial charge in [-0.15, -0.1) is 0 Å². The molecule has 1 aromatic rings. The first kappa shape index (κ1) is 12.9. The molecule has 90 valence electrons. The largest absolute Gasteiger partial charge is 0.416 e. The van der Waals surface area contributed by atoms with E-state index >= 15 is 0 Å². The number of nitro groups is 1. The first-order valence-corrected chi connectivity index (χ1v) is 4.29. The summed E-state index contributed by atoms with van der Waals surface area (Å²) >= 11 is 0. The van der Waals surface area contributed by atoms with Gasteiger partial charge < -0.3 is 0 Å². The molecule has 0 aliphatic rings. The lowest BCUT2D eigenvalue weighted by Gasteiger charge is -2.07. The number of allylic oxidation sites excluding steroid dienone is 1. The summed E-state index contributed by atoms with van der Waals surface area (Å²) in [7, 11) is 0. The highest BCUT2D eigenvalue weighted by Gasteiger charge is 2.33. The molecule has 0 N–H and O–H groups in total. The summed E-state index contributed by atoms with van der Waals surface area (Å²) in [6, 6.07) is 1.70. The number of nitro benzene ring substituents is 1. The van der Waals surface area contributed by atoms with E-state index in [1.807, 2.05) is 0 Å². The zero-order valence-corrected chi connectivity index (χ0v) is 8.32. The number of non-ortho nitro benzene ring substituents is 1. The van der Waals surface area contributed by atoms with Crippen LogP contribution in [-0.4, -0.2) is 10.7 Å². The molecular weight excluding hydrogens is 239 g/mol. The molecule has 0 heterocycles. The Morgan fingerprint density at radius 1 is 1.35 bits per heavy atom. The SMILES string of the molecule is C=CC(=O)c1cc([N+](=O)[O-])cc(C(F)(F)F)c1. The average Bonchev–Trinajstić information content (AvgIpc) is 2.26. The third kappa shape index (κ3) is 2.90. The van der Waals surface area contributed by atoms with Crippen LogP contribution in [0.25, 0.3) is 0 Å². The van der Waals surface area contributed by atoms with Crippen LogP contribution in [0.4, 0.5) is 18.9 Å². The molecule has 0 radical (unpaired) electrons. The predicted molar refractivity (Wildman–Crippen MR) is 52.6 cm³/mol. The van der Waals surface area contributed by atoms with Gasteiger partial charge >= 0.3 is 6.18 Å². The zero-order chi connectivity index (χ0) is 13.2. The Kier molecular flexibility index (Phi) is 3.31. The molecule has 0 aliphatic carbocycles. The van der Waals surface area contributed by atoms with Crippen molar-refractivity contribution < 1.29 is 22.9 Å². The number of benzene rings is 1. The Morgan fingerprint density at radius 3 is 2.35 bits per heavy atom. The van der Waals surface area contributed by atoms with E-state index < -0.39 is 33.7 Å². The van der Waals surface area contributed by atoms with Gasteiger partial charge in [-0.05, 0) is 12.1 Å². The van der Waals surface area contributed by atoms with Gasteiger partial charge in [0.15, 0.2) is 5.78 Å².